The van der Waals surface area contributed by atoms with E-state index in [0.717, 1.165) is 12.0 Å². The van der Waals surface area contributed by atoms with E-state index in [2.05, 4.69) is 5.32 Å². The van der Waals surface area contributed by atoms with E-state index >= 15 is 0 Å². The molecule has 2 aromatic rings. The van der Waals surface area contributed by atoms with E-state index in [-0.39, 0.29) is 31.1 Å². The summed E-state index contributed by atoms with van der Waals surface area (Å²) in [5.74, 6) is -0.999. The third-order valence-corrected chi connectivity index (χ3v) is 4.50. The number of ketones is 1. The normalized spacial score (nSPS) is 10.3. The minimum Gasteiger partial charge on any atom is -0.456 e. The van der Waals surface area contributed by atoms with Gasteiger partial charge in [-0.2, -0.15) is 0 Å². The predicted octanol–water partition coefficient (Wildman–Crippen LogP) is 2.92. The van der Waals surface area contributed by atoms with E-state index < -0.39 is 5.97 Å². The summed E-state index contributed by atoms with van der Waals surface area (Å²) >= 11 is 1.63. The van der Waals surface area contributed by atoms with Gasteiger partial charge in [-0.05, 0) is 24.8 Å². The molecule has 0 aliphatic heterocycles. The number of carbonyl (C=O) groups is 3. The lowest BCUT2D eigenvalue weighted by Crippen LogP contribution is -2.30. The first kappa shape index (κ1) is 18.9. The summed E-state index contributed by atoms with van der Waals surface area (Å²) in [5, 5.41) is 4.68. The summed E-state index contributed by atoms with van der Waals surface area (Å²) in [4.78, 5) is 36.4. The van der Waals surface area contributed by atoms with Crippen molar-refractivity contribution in [1.29, 1.82) is 0 Å². The van der Waals surface area contributed by atoms with Crippen LogP contribution in [0.15, 0.2) is 41.8 Å². The van der Waals surface area contributed by atoms with Crippen molar-refractivity contribution in [2.75, 3.05) is 13.2 Å². The third kappa shape index (κ3) is 6.89. The van der Waals surface area contributed by atoms with Gasteiger partial charge in [0.2, 0.25) is 0 Å². The first-order chi connectivity index (χ1) is 12.0. The van der Waals surface area contributed by atoms with E-state index in [1.807, 2.05) is 36.6 Å². The summed E-state index contributed by atoms with van der Waals surface area (Å²) in [6, 6.07) is 11.1. The number of aryl methyl sites for hydroxylation is 1. The monoisotopic (exact) mass is 359 g/mol. The molecular formula is C19H21NO4S. The van der Waals surface area contributed by atoms with Gasteiger partial charge in [-0.15, -0.1) is 11.3 Å². The lowest BCUT2D eigenvalue weighted by atomic mass is 10.1. The number of benzene rings is 1. The number of hydrogen-bond donors (Lipinski definition) is 1. The maximum absolute atomic E-state index is 12.0. The highest BCUT2D eigenvalue weighted by atomic mass is 32.1. The molecule has 0 unspecified atom stereocenters. The van der Waals surface area contributed by atoms with E-state index in [4.69, 9.17) is 4.74 Å². The summed E-state index contributed by atoms with van der Waals surface area (Å²) < 4.78 is 4.90. The Hall–Kier alpha value is -2.47. The summed E-state index contributed by atoms with van der Waals surface area (Å²) in [5.41, 5.74) is 1.64. The van der Waals surface area contributed by atoms with Crippen molar-refractivity contribution in [3.63, 3.8) is 0 Å². The van der Waals surface area contributed by atoms with Crippen LogP contribution in [0.5, 0.6) is 0 Å². The van der Waals surface area contributed by atoms with Gasteiger partial charge in [0.25, 0.3) is 5.91 Å². The van der Waals surface area contributed by atoms with Gasteiger partial charge in [-0.25, -0.2) is 0 Å². The highest BCUT2D eigenvalue weighted by Crippen LogP contribution is 2.09. The molecule has 1 aromatic heterocycles. The van der Waals surface area contributed by atoms with Gasteiger partial charge in [-0.3, -0.25) is 14.4 Å². The Labute approximate surface area is 151 Å². The van der Waals surface area contributed by atoms with Gasteiger partial charge in [0.05, 0.1) is 6.42 Å². The van der Waals surface area contributed by atoms with Crippen LogP contribution in [0.4, 0.5) is 0 Å². The van der Waals surface area contributed by atoms with Crippen molar-refractivity contribution in [1.82, 2.24) is 5.32 Å². The number of amides is 1. The SMILES string of the molecule is Cc1ccc(C(=O)CCC(=O)OCC(=O)NCCc2cccs2)cc1. The van der Waals surface area contributed by atoms with Gasteiger partial charge in [0, 0.05) is 23.4 Å². The minimum atomic E-state index is -0.547. The van der Waals surface area contributed by atoms with Gasteiger partial charge < -0.3 is 10.1 Å². The number of hydrogen-bond acceptors (Lipinski definition) is 5. The lowest BCUT2D eigenvalue weighted by Gasteiger charge is -2.06. The zero-order valence-corrected chi connectivity index (χ0v) is 14.9. The molecule has 0 aliphatic rings. The second-order valence-corrected chi connectivity index (χ2v) is 6.66. The Morgan fingerprint density at radius 2 is 1.84 bits per heavy atom. The zero-order valence-electron chi connectivity index (χ0n) is 14.1. The van der Waals surface area contributed by atoms with Crippen LogP contribution in [-0.2, 0) is 20.7 Å². The Morgan fingerprint density at radius 1 is 1.08 bits per heavy atom. The van der Waals surface area contributed by atoms with Crippen LogP contribution < -0.4 is 5.32 Å². The van der Waals surface area contributed by atoms with Crippen molar-refractivity contribution in [2.24, 2.45) is 0 Å². The molecule has 0 aliphatic carbocycles. The molecule has 0 bridgehead atoms. The van der Waals surface area contributed by atoms with Crippen LogP contribution in [0.3, 0.4) is 0 Å². The molecule has 1 amide bonds. The van der Waals surface area contributed by atoms with Crippen LogP contribution in [0, 0.1) is 6.92 Å². The fraction of sp³-hybridized carbons (Fsp3) is 0.316. The largest absolute Gasteiger partial charge is 0.456 e. The summed E-state index contributed by atoms with van der Waals surface area (Å²) in [6.45, 7) is 2.13. The van der Waals surface area contributed by atoms with Crippen LogP contribution >= 0.6 is 11.3 Å². The molecule has 0 saturated carbocycles. The zero-order chi connectivity index (χ0) is 18.1. The first-order valence-corrected chi connectivity index (χ1v) is 8.97. The second kappa shape index (κ2) is 9.74. The van der Waals surface area contributed by atoms with E-state index in [0.29, 0.717) is 12.1 Å². The molecule has 2 rings (SSSR count). The number of ether oxygens (including phenoxy) is 1. The molecule has 0 atom stereocenters. The van der Waals surface area contributed by atoms with Gasteiger partial charge in [0.1, 0.15) is 0 Å². The lowest BCUT2D eigenvalue weighted by molar-refractivity contribution is -0.148. The van der Waals surface area contributed by atoms with E-state index in [1.165, 1.54) is 4.88 Å². The fourth-order valence-corrected chi connectivity index (χ4v) is 2.86. The maximum Gasteiger partial charge on any atom is 0.306 e. The number of carbonyl (C=O) groups excluding carboxylic acids is 3. The molecule has 6 heteroatoms. The summed E-state index contributed by atoms with van der Waals surface area (Å²) in [7, 11) is 0. The number of thiophene rings is 1. The Bertz CT molecular complexity index is 708. The molecule has 5 nitrogen and oxygen atoms in total. The molecule has 25 heavy (non-hydrogen) atoms. The molecule has 1 heterocycles. The first-order valence-electron chi connectivity index (χ1n) is 8.09. The van der Waals surface area contributed by atoms with Gasteiger partial charge in [-0.1, -0.05) is 35.9 Å². The molecule has 0 saturated heterocycles. The van der Waals surface area contributed by atoms with Crippen molar-refractivity contribution in [2.45, 2.75) is 26.2 Å². The highest BCUT2D eigenvalue weighted by molar-refractivity contribution is 7.09. The van der Waals surface area contributed by atoms with Crippen LogP contribution in [-0.4, -0.2) is 30.8 Å². The standard InChI is InChI=1S/C19H21NO4S/c1-14-4-6-15(7-5-14)17(21)8-9-19(23)24-13-18(22)20-11-10-16-3-2-12-25-16/h2-7,12H,8-11,13H2,1H3,(H,20,22). The quantitative estimate of drug-likeness (QED) is 0.552. The Kier molecular flexibility index (Phi) is 7.35. The average molecular weight is 359 g/mol. The van der Waals surface area contributed by atoms with Crippen molar-refractivity contribution in [3.8, 4) is 0 Å². The third-order valence-electron chi connectivity index (χ3n) is 3.57. The smallest absolute Gasteiger partial charge is 0.306 e. The van der Waals surface area contributed by atoms with Crippen molar-refractivity contribution < 1.29 is 19.1 Å². The molecule has 1 aromatic carbocycles. The number of nitrogens with one attached hydrogen (secondary N) is 1. The maximum atomic E-state index is 12.0. The summed E-state index contributed by atoms with van der Waals surface area (Å²) in [6.07, 6.45) is 0.791. The second-order valence-electron chi connectivity index (χ2n) is 5.63. The number of Topliss-reactive ketones (excluding diaryl/α,β-unsaturated/α-hetero) is 1. The highest BCUT2D eigenvalue weighted by Gasteiger charge is 2.11. The molecule has 0 fully saturated rings. The number of rotatable bonds is 9. The van der Waals surface area contributed by atoms with E-state index in [9.17, 15) is 14.4 Å². The predicted molar refractivity (Wildman–Crippen MR) is 96.7 cm³/mol. The minimum absolute atomic E-state index is 0.0326. The Balaban J connectivity index is 1.60. The van der Waals surface area contributed by atoms with Crippen LogP contribution in [0.2, 0.25) is 0 Å². The molecule has 0 radical (unpaired) electrons. The molecular weight excluding hydrogens is 338 g/mol. The average Bonchev–Trinajstić information content (AvgIpc) is 3.12. The molecule has 1 N–H and O–H groups in total. The Morgan fingerprint density at radius 3 is 2.52 bits per heavy atom. The number of esters is 1. The van der Waals surface area contributed by atoms with Crippen molar-refractivity contribution in [3.05, 3.63) is 57.8 Å². The van der Waals surface area contributed by atoms with Gasteiger partial charge >= 0.3 is 5.97 Å². The van der Waals surface area contributed by atoms with E-state index in [1.54, 1.807) is 23.5 Å². The van der Waals surface area contributed by atoms with Crippen LogP contribution in [0.25, 0.3) is 0 Å². The molecule has 132 valence electrons. The van der Waals surface area contributed by atoms with Crippen molar-refractivity contribution >= 4 is 29.0 Å². The molecule has 0 spiro atoms. The van der Waals surface area contributed by atoms with Gasteiger partial charge in [0.15, 0.2) is 12.4 Å². The fourth-order valence-electron chi connectivity index (χ4n) is 2.15. The topological polar surface area (TPSA) is 72.5 Å². The van der Waals surface area contributed by atoms with Crippen LogP contribution in [0.1, 0.15) is 33.6 Å².